The number of carbonyl (C=O) groups is 1. The molecule has 1 amide bonds. The van der Waals surface area contributed by atoms with Crippen molar-refractivity contribution in [3.8, 4) is 0 Å². The van der Waals surface area contributed by atoms with E-state index in [1.165, 1.54) is 19.3 Å². The fourth-order valence-corrected chi connectivity index (χ4v) is 3.59. The molecule has 0 atom stereocenters. The van der Waals surface area contributed by atoms with Gasteiger partial charge in [-0.1, -0.05) is 19.3 Å². The lowest BCUT2D eigenvalue weighted by Crippen LogP contribution is -2.56. The van der Waals surface area contributed by atoms with Crippen LogP contribution in [0.4, 0.5) is 0 Å². The van der Waals surface area contributed by atoms with Gasteiger partial charge in [0.1, 0.15) is 6.54 Å². The maximum atomic E-state index is 12.2. The molecule has 0 aromatic rings. The molecule has 1 saturated heterocycles. The number of rotatable bonds is 7. The Labute approximate surface area is 158 Å². The van der Waals surface area contributed by atoms with E-state index in [9.17, 15) is 4.79 Å². The smallest absolute Gasteiger partial charge is 0.242 e. The van der Waals surface area contributed by atoms with Crippen LogP contribution in [0.5, 0.6) is 0 Å². The number of amides is 1. The summed E-state index contributed by atoms with van der Waals surface area (Å²) in [4.78, 5) is 19.1. The molecule has 2 fully saturated rings. The second kappa shape index (κ2) is 10.7. The van der Waals surface area contributed by atoms with Gasteiger partial charge in [-0.05, 0) is 33.6 Å². The summed E-state index contributed by atoms with van der Waals surface area (Å²) in [7, 11) is 0. The first-order valence-corrected chi connectivity index (χ1v) is 10.2. The van der Waals surface area contributed by atoms with Crippen LogP contribution < -0.4 is 16.0 Å². The average Bonchev–Trinajstić information content (AvgIpc) is 2.65. The molecular formula is C19H37N5O2. The molecule has 150 valence electrons. The number of morpholine rings is 1. The third-order valence-corrected chi connectivity index (χ3v) is 5.25. The summed E-state index contributed by atoms with van der Waals surface area (Å²) in [6.45, 7) is 11.7. The van der Waals surface area contributed by atoms with E-state index in [0.717, 1.165) is 52.2 Å². The molecule has 26 heavy (non-hydrogen) atoms. The zero-order valence-electron chi connectivity index (χ0n) is 16.8. The van der Waals surface area contributed by atoms with Crippen LogP contribution in [0.3, 0.4) is 0 Å². The molecule has 3 N–H and O–H groups in total. The Balaban J connectivity index is 1.80. The lowest BCUT2D eigenvalue weighted by Gasteiger charge is -2.41. The quantitative estimate of drug-likeness (QED) is 0.464. The van der Waals surface area contributed by atoms with Crippen molar-refractivity contribution >= 4 is 11.9 Å². The van der Waals surface area contributed by atoms with Crippen LogP contribution in [-0.4, -0.2) is 74.3 Å². The molecule has 0 unspecified atom stereocenters. The minimum Gasteiger partial charge on any atom is -0.379 e. The van der Waals surface area contributed by atoms with E-state index in [-0.39, 0.29) is 18.0 Å². The topological polar surface area (TPSA) is 78.0 Å². The highest BCUT2D eigenvalue weighted by molar-refractivity contribution is 5.85. The van der Waals surface area contributed by atoms with Gasteiger partial charge in [0.05, 0.1) is 13.2 Å². The van der Waals surface area contributed by atoms with E-state index in [1.54, 1.807) is 0 Å². The standard InChI is InChI=1S/C19H37N5O2/c1-4-20-18(21-14-17(25)23-16-8-6-5-7-9-16)22-15-19(2,3)24-10-12-26-13-11-24/h16H,4-15H2,1-3H3,(H,23,25)(H2,20,21,22). The number of nitrogens with zero attached hydrogens (tertiary/aromatic N) is 2. The summed E-state index contributed by atoms with van der Waals surface area (Å²) in [6.07, 6.45) is 5.92. The highest BCUT2D eigenvalue weighted by Gasteiger charge is 2.28. The van der Waals surface area contributed by atoms with Gasteiger partial charge in [0, 0.05) is 37.8 Å². The second-order valence-corrected chi connectivity index (χ2v) is 7.86. The molecule has 0 aromatic heterocycles. The Kier molecular flexibility index (Phi) is 8.65. The summed E-state index contributed by atoms with van der Waals surface area (Å²) in [6, 6.07) is 0.335. The largest absolute Gasteiger partial charge is 0.379 e. The number of nitrogens with one attached hydrogen (secondary N) is 3. The van der Waals surface area contributed by atoms with E-state index in [4.69, 9.17) is 4.74 Å². The molecule has 1 aliphatic heterocycles. The number of hydrogen-bond acceptors (Lipinski definition) is 4. The van der Waals surface area contributed by atoms with E-state index in [0.29, 0.717) is 12.0 Å². The molecule has 7 heteroatoms. The molecule has 2 aliphatic rings. The van der Waals surface area contributed by atoms with Crippen molar-refractivity contribution in [2.75, 3.05) is 45.9 Å². The minimum absolute atomic E-state index is 0.00429. The van der Waals surface area contributed by atoms with Gasteiger partial charge in [-0.15, -0.1) is 0 Å². The van der Waals surface area contributed by atoms with Crippen molar-refractivity contribution < 1.29 is 9.53 Å². The minimum atomic E-state index is 0.00429. The summed E-state index contributed by atoms with van der Waals surface area (Å²) >= 11 is 0. The SMILES string of the molecule is CCNC(=NCC(=O)NC1CCCCC1)NCC(C)(C)N1CCOCC1. The van der Waals surface area contributed by atoms with Gasteiger partial charge in [0.15, 0.2) is 5.96 Å². The van der Waals surface area contributed by atoms with Gasteiger partial charge in [0.2, 0.25) is 5.91 Å². The van der Waals surface area contributed by atoms with Crippen LogP contribution in [0.2, 0.25) is 0 Å². The number of ether oxygens (including phenoxy) is 1. The first-order valence-electron chi connectivity index (χ1n) is 10.2. The van der Waals surface area contributed by atoms with Crippen molar-refractivity contribution in [3.05, 3.63) is 0 Å². The molecule has 0 spiro atoms. The first kappa shape index (κ1) is 21.0. The van der Waals surface area contributed by atoms with Crippen molar-refractivity contribution in [2.24, 2.45) is 4.99 Å². The summed E-state index contributed by atoms with van der Waals surface area (Å²) in [5, 5.41) is 9.74. The third kappa shape index (κ3) is 7.11. The fraction of sp³-hybridized carbons (Fsp3) is 0.895. The van der Waals surface area contributed by atoms with Gasteiger partial charge in [-0.2, -0.15) is 0 Å². The van der Waals surface area contributed by atoms with Gasteiger partial charge in [-0.3, -0.25) is 9.69 Å². The van der Waals surface area contributed by atoms with Crippen LogP contribution >= 0.6 is 0 Å². The van der Waals surface area contributed by atoms with Crippen molar-refractivity contribution in [2.45, 2.75) is 64.5 Å². The van der Waals surface area contributed by atoms with Crippen LogP contribution in [0.1, 0.15) is 52.9 Å². The van der Waals surface area contributed by atoms with Gasteiger partial charge >= 0.3 is 0 Å². The van der Waals surface area contributed by atoms with E-state index in [2.05, 4.69) is 39.7 Å². The molecule has 2 rings (SSSR count). The Morgan fingerprint density at radius 2 is 1.85 bits per heavy atom. The van der Waals surface area contributed by atoms with Crippen molar-refractivity contribution in [1.82, 2.24) is 20.9 Å². The van der Waals surface area contributed by atoms with Crippen LogP contribution in [0.25, 0.3) is 0 Å². The molecule has 1 saturated carbocycles. The maximum absolute atomic E-state index is 12.2. The number of aliphatic imine (C=N–C) groups is 1. The third-order valence-electron chi connectivity index (χ3n) is 5.25. The van der Waals surface area contributed by atoms with E-state index < -0.39 is 0 Å². The Morgan fingerprint density at radius 1 is 1.15 bits per heavy atom. The molecule has 0 radical (unpaired) electrons. The monoisotopic (exact) mass is 367 g/mol. The average molecular weight is 368 g/mol. The highest BCUT2D eigenvalue weighted by atomic mass is 16.5. The molecule has 1 aliphatic carbocycles. The van der Waals surface area contributed by atoms with E-state index >= 15 is 0 Å². The summed E-state index contributed by atoms with van der Waals surface area (Å²) < 4.78 is 5.44. The Bertz CT molecular complexity index is 455. The van der Waals surface area contributed by atoms with Gasteiger partial charge in [0.25, 0.3) is 0 Å². The van der Waals surface area contributed by atoms with Crippen molar-refractivity contribution in [3.63, 3.8) is 0 Å². The van der Waals surface area contributed by atoms with Gasteiger partial charge < -0.3 is 20.7 Å². The molecular weight excluding hydrogens is 330 g/mol. The normalized spacial score (nSPS) is 20.7. The fourth-order valence-electron chi connectivity index (χ4n) is 3.59. The second-order valence-electron chi connectivity index (χ2n) is 7.86. The lowest BCUT2D eigenvalue weighted by molar-refractivity contribution is -0.120. The molecule has 7 nitrogen and oxygen atoms in total. The Hall–Kier alpha value is -1.34. The molecule has 1 heterocycles. The van der Waals surface area contributed by atoms with Crippen molar-refractivity contribution in [1.29, 1.82) is 0 Å². The number of hydrogen-bond donors (Lipinski definition) is 3. The summed E-state index contributed by atoms with van der Waals surface area (Å²) in [5.74, 6) is 0.717. The molecule has 0 aromatic carbocycles. The predicted molar refractivity (Wildman–Crippen MR) is 105 cm³/mol. The zero-order valence-corrected chi connectivity index (χ0v) is 16.8. The van der Waals surface area contributed by atoms with Crippen LogP contribution in [-0.2, 0) is 9.53 Å². The van der Waals surface area contributed by atoms with E-state index in [1.807, 2.05) is 6.92 Å². The summed E-state index contributed by atoms with van der Waals surface area (Å²) in [5.41, 5.74) is 0.00429. The van der Waals surface area contributed by atoms with Crippen LogP contribution in [0.15, 0.2) is 4.99 Å². The Morgan fingerprint density at radius 3 is 2.50 bits per heavy atom. The number of carbonyl (C=O) groups excluding carboxylic acids is 1. The zero-order chi connectivity index (χ0) is 18.8. The molecule has 0 bridgehead atoms. The predicted octanol–water partition coefficient (Wildman–Crippen LogP) is 1.10. The lowest BCUT2D eigenvalue weighted by atomic mass is 9.95. The van der Waals surface area contributed by atoms with Gasteiger partial charge in [-0.25, -0.2) is 4.99 Å². The first-order chi connectivity index (χ1) is 12.5. The highest BCUT2D eigenvalue weighted by Crippen LogP contribution is 2.17. The number of guanidine groups is 1. The maximum Gasteiger partial charge on any atom is 0.242 e. The van der Waals surface area contributed by atoms with Crippen LogP contribution in [0, 0.1) is 0 Å².